The summed E-state index contributed by atoms with van der Waals surface area (Å²) in [7, 11) is 0. The van der Waals surface area contributed by atoms with Crippen LogP contribution in [0.4, 0.5) is 4.79 Å². The molecule has 3 N–H and O–H groups in total. The fourth-order valence-electron chi connectivity index (χ4n) is 3.17. The molecule has 0 bridgehead atoms. The Labute approximate surface area is 135 Å². The van der Waals surface area contributed by atoms with Gasteiger partial charge in [-0.1, -0.05) is 18.9 Å². The van der Waals surface area contributed by atoms with Gasteiger partial charge >= 0.3 is 6.03 Å². The number of hydrogen-bond acceptors (Lipinski definition) is 3. The summed E-state index contributed by atoms with van der Waals surface area (Å²) in [5, 5.41) is 15.6. The smallest absolute Gasteiger partial charge is 0.315 e. The van der Waals surface area contributed by atoms with E-state index in [1.807, 2.05) is 35.7 Å². The Hall–Kier alpha value is -2.08. The molecule has 0 aliphatic heterocycles. The summed E-state index contributed by atoms with van der Waals surface area (Å²) in [6, 6.07) is 5.73. The van der Waals surface area contributed by atoms with Gasteiger partial charge in [-0.15, -0.1) is 0 Å². The maximum absolute atomic E-state index is 11.9. The van der Waals surface area contributed by atoms with E-state index in [0.717, 1.165) is 42.7 Å². The van der Waals surface area contributed by atoms with Crippen LogP contribution in [0.15, 0.2) is 24.4 Å². The molecule has 2 aromatic heterocycles. The van der Waals surface area contributed by atoms with Crippen LogP contribution in [0.25, 0.3) is 5.65 Å². The molecule has 1 saturated carbocycles. The van der Waals surface area contributed by atoms with Gasteiger partial charge in [0.05, 0.1) is 18.3 Å². The molecule has 1 aliphatic rings. The maximum Gasteiger partial charge on any atom is 0.315 e. The van der Waals surface area contributed by atoms with Crippen LogP contribution in [-0.2, 0) is 6.54 Å². The van der Waals surface area contributed by atoms with E-state index in [1.165, 1.54) is 0 Å². The highest BCUT2D eigenvalue weighted by atomic mass is 16.3. The second-order valence-corrected chi connectivity index (χ2v) is 6.30. The highest BCUT2D eigenvalue weighted by Gasteiger charge is 2.23. The van der Waals surface area contributed by atoms with E-state index >= 15 is 0 Å². The Kier molecular flexibility index (Phi) is 4.81. The summed E-state index contributed by atoms with van der Waals surface area (Å²) in [5.74, 6) is 0.173. The monoisotopic (exact) mass is 316 g/mol. The molecule has 0 spiro atoms. The number of aliphatic hydroxyl groups excluding tert-OH is 1. The molecule has 3 rings (SSSR count). The number of urea groups is 1. The number of pyridine rings is 1. The highest BCUT2D eigenvalue weighted by Crippen LogP contribution is 2.23. The van der Waals surface area contributed by atoms with Gasteiger partial charge in [0, 0.05) is 24.4 Å². The minimum Gasteiger partial charge on any atom is -0.393 e. The van der Waals surface area contributed by atoms with Crippen molar-refractivity contribution >= 4 is 11.7 Å². The van der Waals surface area contributed by atoms with Crippen LogP contribution < -0.4 is 10.6 Å². The van der Waals surface area contributed by atoms with Gasteiger partial charge in [0.25, 0.3) is 0 Å². The van der Waals surface area contributed by atoms with E-state index in [1.54, 1.807) is 0 Å². The average molecular weight is 316 g/mol. The average Bonchev–Trinajstić information content (AvgIpc) is 2.97. The van der Waals surface area contributed by atoms with Crippen molar-refractivity contribution in [2.24, 2.45) is 5.92 Å². The first-order valence-electron chi connectivity index (χ1n) is 8.27. The van der Waals surface area contributed by atoms with E-state index in [2.05, 4.69) is 15.6 Å². The van der Waals surface area contributed by atoms with Gasteiger partial charge in [0.15, 0.2) is 0 Å². The number of nitrogens with one attached hydrogen (secondary N) is 2. The molecule has 1 aliphatic carbocycles. The minimum atomic E-state index is -0.287. The molecule has 0 saturated heterocycles. The molecule has 1 fully saturated rings. The molecule has 2 heterocycles. The summed E-state index contributed by atoms with van der Waals surface area (Å²) >= 11 is 0. The third-order valence-corrected chi connectivity index (χ3v) is 4.57. The molecular weight excluding hydrogens is 292 g/mol. The molecule has 0 aromatic carbocycles. The summed E-state index contributed by atoms with van der Waals surface area (Å²) in [6.45, 7) is 2.94. The molecular formula is C17H24N4O2. The number of imidazole rings is 1. The van der Waals surface area contributed by atoms with E-state index in [-0.39, 0.29) is 18.1 Å². The highest BCUT2D eigenvalue weighted by molar-refractivity contribution is 5.73. The molecule has 2 atom stereocenters. The molecule has 6 heteroatoms. The maximum atomic E-state index is 11.9. The van der Waals surface area contributed by atoms with Crippen molar-refractivity contribution in [3.8, 4) is 0 Å². The van der Waals surface area contributed by atoms with Crippen LogP contribution in [0.5, 0.6) is 0 Å². The summed E-state index contributed by atoms with van der Waals surface area (Å²) < 4.78 is 2.01. The van der Waals surface area contributed by atoms with Gasteiger partial charge in [-0.05, 0) is 31.9 Å². The van der Waals surface area contributed by atoms with Crippen molar-refractivity contribution in [3.05, 3.63) is 35.8 Å². The molecule has 6 nitrogen and oxygen atoms in total. The van der Waals surface area contributed by atoms with Gasteiger partial charge in [-0.25, -0.2) is 9.78 Å². The summed E-state index contributed by atoms with van der Waals surface area (Å²) in [4.78, 5) is 16.4. The largest absolute Gasteiger partial charge is 0.393 e. The number of nitrogens with zero attached hydrogens (tertiary/aromatic N) is 2. The fraction of sp³-hybridized carbons (Fsp3) is 0.529. The van der Waals surface area contributed by atoms with Crippen LogP contribution in [0.2, 0.25) is 0 Å². The predicted molar refractivity (Wildman–Crippen MR) is 88.1 cm³/mol. The van der Waals surface area contributed by atoms with Crippen molar-refractivity contribution in [1.82, 2.24) is 20.0 Å². The number of amides is 2. The van der Waals surface area contributed by atoms with Crippen molar-refractivity contribution < 1.29 is 9.90 Å². The van der Waals surface area contributed by atoms with Gasteiger partial charge in [0.1, 0.15) is 5.65 Å². The quantitative estimate of drug-likeness (QED) is 0.807. The van der Waals surface area contributed by atoms with Gasteiger partial charge in [0.2, 0.25) is 0 Å². The first kappa shape index (κ1) is 15.8. The van der Waals surface area contributed by atoms with E-state index in [4.69, 9.17) is 0 Å². The fourth-order valence-corrected chi connectivity index (χ4v) is 3.17. The minimum absolute atomic E-state index is 0.173. The summed E-state index contributed by atoms with van der Waals surface area (Å²) in [5.41, 5.74) is 2.82. The third kappa shape index (κ3) is 3.82. The second-order valence-electron chi connectivity index (χ2n) is 6.30. The van der Waals surface area contributed by atoms with Crippen LogP contribution in [0.1, 0.15) is 37.1 Å². The van der Waals surface area contributed by atoms with Gasteiger partial charge in [-0.3, -0.25) is 0 Å². The number of rotatable bonds is 4. The van der Waals surface area contributed by atoms with Crippen molar-refractivity contribution in [2.75, 3.05) is 6.54 Å². The number of aliphatic hydroxyl groups is 1. The van der Waals surface area contributed by atoms with Crippen LogP contribution >= 0.6 is 0 Å². The lowest BCUT2D eigenvalue weighted by atomic mass is 9.86. The van der Waals surface area contributed by atoms with Crippen molar-refractivity contribution in [2.45, 2.75) is 45.3 Å². The molecule has 2 unspecified atom stereocenters. The van der Waals surface area contributed by atoms with Gasteiger partial charge < -0.3 is 20.1 Å². The molecule has 23 heavy (non-hydrogen) atoms. The van der Waals surface area contributed by atoms with Crippen molar-refractivity contribution in [1.29, 1.82) is 0 Å². The van der Waals surface area contributed by atoms with E-state index < -0.39 is 0 Å². The Morgan fingerprint density at radius 1 is 1.35 bits per heavy atom. The lowest BCUT2D eigenvalue weighted by molar-refractivity contribution is 0.0709. The zero-order valence-electron chi connectivity index (χ0n) is 13.5. The third-order valence-electron chi connectivity index (χ3n) is 4.57. The first-order chi connectivity index (χ1) is 11.1. The van der Waals surface area contributed by atoms with Crippen LogP contribution in [0, 0.1) is 12.8 Å². The Morgan fingerprint density at radius 3 is 2.96 bits per heavy atom. The normalized spacial score (nSPS) is 21.3. The Bertz CT molecular complexity index is 682. The lowest BCUT2D eigenvalue weighted by Crippen LogP contribution is -2.41. The van der Waals surface area contributed by atoms with Crippen LogP contribution in [-0.4, -0.2) is 33.2 Å². The SMILES string of the molecule is Cc1cccc2nc(CNC(=O)NCC3CCCCC3O)cn12. The topological polar surface area (TPSA) is 78.7 Å². The number of carbonyl (C=O) groups is 1. The molecule has 2 aromatic rings. The summed E-state index contributed by atoms with van der Waals surface area (Å²) in [6.07, 6.45) is 5.69. The number of hydrogen-bond donors (Lipinski definition) is 3. The predicted octanol–water partition coefficient (Wildman–Crippen LogP) is 1.99. The van der Waals surface area contributed by atoms with Crippen molar-refractivity contribution in [3.63, 3.8) is 0 Å². The molecule has 124 valence electrons. The van der Waals surface area contributed by atoms with Gasteiger partial charge in [-0.2, -0.15) is 0 Å². The number of fused-ring (bicyclic) bond motifs is 1. The van der Waals surface area contributed by atoms with E-state index in [0.29, 0.717) is 13.1 Å². The molecule has 2 amide bonds. The first-order valence-corrected chi connectivity index (χ1v) is 8.27. The zero-order valence-corrected chi connectivity index (χ0v) is 13.5. The number of aryl methyl sites for hydroxylation is 1. The van der Waals surface area contributed by atoms with E-state index in [9.17, 15) is 9.90 Å². The Morgan fingerprint density at radius 2 is 2.17 bits per heavy atom. The lowest BCUT2D eigenvalue weighted by Gasteiger charge is -2.27. The second kappa shape index (κ2) is 7.00. The van der Waals surface area contributed by atoms with Crippen LogP contribution in [0.3, 0.4) is 0 Å². The number of carbonyl (C=O) groups excluding carboxylic acids is 1. The molecule has 0 radical (unpaired) electrons. The zero-order chi connectivity index (χ0) is 16.2. The standard InChI is InChI=1S/C17H24N4O2/c1-12-5-4-8-16-20-14(11-21(12)16)10-19-17(23)18-9-13-6-2-3-7-15(13)22/h4-5,8,11,13,15,22H,2-3,6-7,9-10H2,1H3,(H2,18,19,23). The number of aromatic nitrogens is 2. The Balaban J connectivity index is 1.49.